The van der Waals surface area contributed by atoms with E-state index in [0.717, 1.165) is 0 Å². The summed E-state index contributed by atoms with van der Waals surface area (Å²) in [6.45, 7) is 5.32. The van der Waals surface area contributed by atoms with Crippen LogP contribution >= 0.6 is 0 Å². The average Bonchev–Trinajstić information content (AvgIpc) is 2.65. The second-order valence-corrected chi connectivity index (χ2v) is 6.08. The van der Waals surface area contributed by atoms with E-state index in [-0.39, 0.29) is 24.1 Å². The van der Waals surface area contributed by atoms with Gasteiger partial charge in [0.1, 0.15) is 12.4 Å². The number of carbonyl (C=O) groups is 1. The van der Waals surface area contributed by atoms with Gasteiger partial charge in [-0.05, 0) is 32.4 Å². The molecule has 0 N–H and O–H groups in total. The maximum Gasteiger partial charge on any atom is 0.261 e. The maximum absolute atomic E-state index is 12.8. The van der Waals surface area contributed by atoms with E-state index in [4.69, 9.17) is 14.5 Å². The highest BCUT2D eigenvalue weighted by molar-refractivity contribution is 5.79. The molecule has 26 heavy (non-hydrogen) atoms. The van der Waals surface area contributed by atoms with E-state index in [0.29, 0.717) is 42.8 Å². The normalized spacial score (nSPS) is 12.3. The maximum atomic E-state index is 12.8. The van der Waals surface area contributed by atoms with Gasteiger partial charge in [0.05, 0.1) is 16.9 Å². The second kappa shape index (κ2) is 9.45. The SMILES string of the molecule is CCn1c(C(C)N(CCCOC)C(=O)COC)nc2ccccc2c1=O. The van der Waals surface area contributed by atoms with Crippen molar-refractivity contribution in [2.45, 2.75) is 32.9 Å². The number of benzene rings is 1. The Bertz CT molecular complexity index is 803. The molecule has 0 spiro atoms. The zero-order valence-electron chi connectivity index (χ0n) is 15.9. The van der Waals surface area contributed by atoms with Crippen molar-refractivity contribution in [2.75, 3.05) is 34.0 Å². The lowest BCUT2D eigenvalue weighted by atomic mass is 10.2. The first-order valence-electron chi connectivity index (χ1n) is 8.81. The molecule has 7 nitrogen and oxygen atoms in total. The quantitative estimate of drug-likeness (QED) is 0.639. The Morgan fingerprint density at radius 3 is 2.65 bits per heavy atom. The topological polar surface area (TPSA) is 73.7 Å². The van der Waals surface area contributed by atoms with Crippen molar-refractivity contribution >= 4 is 16.8 Å². The number of ether oxygens (including phenoxy) is 2. The molecule has 7 heteroatoms. The molecule has 2 rings (SSSR count). The van der Waals surface area contributed by atoms with Gasteiger partial charge in [0.15, 0.2) is 0 Å². The van der Waals surface area contributed by atoms with Gasteiger partial charge < -0.3 is 14.4 Å². The highest BCUT2D eigenvalue weighted by Crippen LogP contribution is 2.20. The fraction of sp³-hybridized carbons (Fsp3) is 0.526. The molecule has 1 atom stereocenters. The number of methoxy groups -OCH3 is 2. The number of aromatic nitrogens is 2. The summed E-state index contributed by atoms with van der Waals surface area (Å²) in [6.07, 6.45) is 0.695. The third kappa shape index (κ3) is 4.28. The first kappa shape index (κ1) is 20.1. The van der Waals surface area contributed by atoms with E-state index in [9.17, 15) is 9.59 Å². The van der Waals surface area contributed by atoms with E-state index in [1.54, 1.807) is 22.6 Å². The minimum Gasteiger partial charge on any atom is -0.385 e. The van der Waals surface area contributed by atoms with Gasteiger partial charge in [-0.2, -0.15) is 0 Å². The summed E-state index contributed by atoms with van der Waals surface area (Å²) in [5.41, 5.74) is 0.552. The molecule has 0 saturated carbocycles. The lowest BCUT2D eigenvalue weighted by molar-refractivity contribution is -0.137. The first-order chi connectivity index (χ1) is 12.5. The van der Waals surface area contributed by atoms with Crippen molar-refractivity contribution in [3.63, 3.8) is 0 Å². The molecule has 0 aliphatic carbocycles. The van der Waals surface area contributed by atoms with Crippen LogP contribution in [0.2, 0.25) is 0 Å². The average molecular weight is 361 g/mol. The van der Waals surface area contributed by atoms with Crippen LogP contribution in [-0.4, -0.2) is 54.3 Å². The lowest BCUT2D eigenvalue weighted by Crippen LogP contribution is -2.40. The molecule has 0 saturated heterocycles. The molecule has 0 fully saturated rings. The highest BCUT2D eigenvalue weighted by atomic mass is 16.5. The van der Waals surface area contributed by atoms with Crippen LogP contribution in [0.15, 0.2) is 29.1 Å². The monoisotopic (exact) mass is 361 g/mol. The molecule has 0 aliphatic rings. The molecule has 142 valence electrons. The Kier molecular flexibility index (Phi) is 7.29. The Morgan fingerprint density at radius 1 is 1.27 bits per heavy atom. The second-order valence-electron chi connectivity index (χ2n) is 6.08. The fourth-order valence-corrected chi connectivity index (χ4v) is 3.07. The lowest BCUT2D eigenvalue weighted by Gasteiger charge is -2.30. The molecule has 0 radical (unpaired) electrons. The number of hydrogen-bond donors (Lipinski definition) is 0. The van der Waals surface area contributed by atoms with Gasteiger partial charge >= 0.3 is 0 Å². The summed E-state index contributed by atoms with van der Waals surface area (Å²) in [5, 5.41) is 0.583. The van der Waals surface area contributed by atoms with Crippen LogP contribution in [0.25, 0.3) is 10.9 Å². The van der Waals surface area contributed by atoms with Gasteiger partial charge in [0.2, 0.25) is 5.91 Å². The van der Waals surface area contributed by atoms with E-state index in [1.807, 2.05) is 32.0 Å². The van der Waals surface area contributed by atoms with Crippen molar-refractivity contribution in [1.82, 2.24) is 14.5 Å². The molecule has 1 aromatic carbocycles. The van der Waals surface area contributed by atoms with Crippen molar-refractivity contribution in [3.8, 4) is 0 Å². The minimum atomic E-state index is -0.355. The number of amides is 1. The molecule has 1 heterocycles. The fourth-order valence-electron chi connectivity index (χ4n) is 3.07. The molecule has 1 amide bonds. The Balaban J connectivity index is 2.47. The summed E-state index contributed by atoms with van der Waals surface area (Å²) in [6, 6.07) is 6.92. The number of rotatable bonds is 9. The zero-order chi connectivity index (χ0) is 19.1. The predicted octanol–water partition coefficient (Wildman–Crippen LogP) is 1.99. The van der Waals surface area contributed by atoms with Gasteiger partial charge in [-0.25, -0.2) is 4.98 Å². The Morgan fingerprint density at radius 2 is 2.00 bits per heavy atom. The minimum absolute atomic E-state index is 0.0126. The van der Waals surface area contributed by atoms with Gasteiger partial charge in [-0.3, -0.25) is 14.2 Å². The van der Waals surface area contributed by atoms with Crippen LogP contribution in [-0.2, 0) is 20.8 Å². The number of hydrogen-bond acceptors (Lipinski definition) is 5. The van der Waals surface area contributed by atoms with Gasteiger partial charge in [-0.1, -0.05) is 12.1 Å². The van der Waals surface area contributed by atoms with E-state index in [2.05, 4.69) is 0 Å². The molecule has 0 aliphatic heterocycles. The predicted molar refractivity (Wildman–Crippen MR) is 100 cm³/mol. The summed E-state index contributed by atoms with van der Waals surface area (Å²) in [5.74, 6) is 0.444. The van der Waals surface area contributed by atoms with Crippen LogP contribution in [0, 0.1) is 0 Å². The summed E-state index contributed by atoms with van der Waals surface area (Å²) in [4.78, 5) is 31.8. The van der Waals surface area contributed by atoms with Crippen LogP contribution < -0.4 is 5.56 Å². The molecule has 1 aromatic heterocycles. The smallest absolute Gasteiger partial charge is 0.261 e. The zero-order valence-corrected chi connectivity index (χ0v) is 15.9. The van der Waals surface area contributed by atoms with E-state index < -0.39 is 0 Å². The molecule has 2 aromatic rings. The number of para-hydroxylation sites is 1. The third-order valence-electron chi connectivity index (χ3n) is 4.38. The van der Waals surface area contributed by atoms with Crippen molar-refractivity contribution in [3.05, 3.63) is 40.4 Å². The largest absolute Gasteiger partial charge is 0.385 e. The number of carbonyl (C=O) groups excluding carboxylic acids is 1. The molecule has 1 unspecified atom stereocenters. The van der Waals surface area contributed by atoms with Crippen LogP contribution in [0.5, 0.6) is 0 Å². The van der Waals surface area contributed by atoms with Crippen LogP contribution in [0.1, 0.15) is 32.1 Å². The number of fused-ring (bicyclic) bond motifs is 1. The van der Waals surface area contributed by atoms with Crippen LogP contribution in [0.4, 0.5) is 0 Å². The standard InChI is InChI=1S/C19H27N3O4/c1-5-21-18(20-16-10-7-6-9-15(16)19(21)24)14(2)22(11-8-12-25-3)17(23)13-26-4/h6-7,9-10,14H,5,8,11-13H2,1-4H3. The van der Waals surface area contributed by atoms with Crippen molar-refractivity contribution < 1.29 is 14.3 Å². The van der Waals surface area contributed by atoms with E-state index >= 15 is 0 Å². The van der Waals surface area contributed by atoms with Gasteiger partial charge in [0, 0.05) is 33.9 Å². The molecular weight excluding hydrogens is 334 g/mol. The van der Waals surface area contributed by atoms with E-state index in [1.165, 1.54) is 7.11 Å². The molecular formula is C19H27N3O4. The summed E-state index contributed by atoms with van der Waals surface area (Å²) < 4.78 is 11.8. The van der Waals surface area contributed by atoms with Crippen LogP contribution in [0.3, 0.4) is 0 Å². The summed E-state index contributed by atoms with van der Waals surface area (Å²) >= 11 is 0. The summed E-state index contributed by atoms with van der Waals surface area (Å²) in [7, 11) is 3.12. The Hall–Kier alpha value is -2.25. The highest BCUT2D eigenvalue weighted by Gasteiger charge is 2.25. The van der Waals surface area contributed by atoms with Gasteiger partial charge in [0.25, 0.3) is 5.56 Å². The number of nitrogens with zero attached hydrogens (tertiary/aromatic N) is 3. The van der Waals surface area contributed by atoms with Crippen molar-refractivity contribution in [2.24, 2.45) is 0 Å². The third-order valence-corrected chi connectivity index (χ3v) is 4.38. The Labute approximate surface area is 153 Å². The first-order valence-corrected chi connectivity index (χ1v) is 8.81. The van der Waals surface area contributed by atoms with Crippen molar-refractivity contribution in [1.29, 1.82) is 0 Å². The molecule has 0 bridgehead atoms. The van der Waals surface area contributed by atoms with Gasteiger partial charge in [-0.15, -0.1) is 0 Å².